The van der Waals surface area contributed by atoms with Gasteiger partial charge in [-0.3, -0.25) is 0 Å². The zero-order chi connectivity index (χ0) is 14.8. The second-order valence-electron chi connectivity index (χ2n) is 4.03. The Morgan fingerprint density at radius 2 is 2.15 bits per heavy atom. The number of nitriles is 1. The van der Waals surface area contributed by atoms with E-state index in [1.165, 1.54) is 6.08 Å². The Hall–Kier alpha value is -2.56. The number of anilines is 1. The van der Waals surface area contributed by atoms with E-state index in [9.17, 15) is 0 Å². The minimum atomic E-state index is 0.0676. The van der Waals surface area contributed by atoms with Crippen molar-refractivity contribution in [3.05, 3.63) is 59.1 Å². The fourth-order valence-electron chi connectivity index (χ4n) is 1.74. The third-order valence-electron chi connectivity index (χ3n) is 2.79. The molecule has 4 heteroatoms. The van der Waals surface area contributed by atoms with Crippen LogP contribution in [0, 0.1) is 17.9 Å². The number of aliphatic hydroxyl groups is 1. The maximum absolute atomic E-state index is 8.99. The SMILES string of the molecule is [C-]#[N+]C(C#N)=CC=Cc1ccc(N(CC)CCO)cc1. The summed E-state index contributed by atoms with van der Waals surface area (Å²) in [5.41, 5.74) is 2.12. The molecule has 0 spiro atoms. The number of benzene rings is 1. The lowest BCUT2D eigenvalue weighted by Crippen LogP contribution is -2.25. The van der Waals surface area contributed by atoms with Gasteiger partial charge in [0.05, 0.1) is 19.2 Å². The number of rotatable bonds is 6. The van der Waals surface area contributed by atoms with Gasteiger partial charge in [0.25, 0.3) is 5.70 Å². The summed E-state index contributed by atoms with van der Waals surface area (Å²) >= 11 is 0. The molecule has 0 saturated heterocycles. The molecule has 4 nitrogen and oxygen atoms in total. The molecule has 0 aliphatic rings. The molecule has 1 N–H and O–H groups in total. The summed E-state index contributed by atoms with van der Waals surface area (Å²) in [6, 6.07) is 9.71. The molecular weight excluding hydrogens is 250 g/mol. The van der Waals surface area contributed by atoms with E-state index in [1.807, 2.05) is 43.3 Å². The molecule has 0 aliphatic heterocycles. The summed E-state index contributed by atoms with van der Waals surface area (Å²) in [5.74, 6) is 0. The number of hydrogen-bond acceptors (Lipinski definition) is 3. The van der Waals surface area contributed by atoms with Crippen LogP contribution in [0.4, 0.5) is 5.69 Å². The van der Waals surface area contributed by atoms with Gasteiger partial charge in [-0.25, -0.2) is 10.1 Å². The van der Waals surface area contributed by atoms with Crippen LogP contribution >= 0.6 is 0 Å². The Labute approximate surface area is 119 Å². The predicted molar refractivity (Wildman–Crippen MR) is 80.7 cm³/mol. The second kappa shape index (κ2) is 8.53. The molecule has 0 unspecified atom stereocenters. The van der Waals surface area contributed by atoms with Gasteiger partial charge in [0, 0.05) is 18.8 Å². The molecule has 0 atom stereocenters. The van der Waals surface area contributed by atoms with Gasteiger partial charge < -0.3 is 10.0 Å². The Morgan fingerprint density at radius 1 is 1.45 bits per heavy atom. The molecule has 0 saturated carbocycles. The normalized spacial score (nSPS) is 11.1. The van der Waals surface area contributed by atoms with Crippen LogP contribution in [-0.2, 0) is 0 Å². The number of nitrogens with zero attached hydrogens (tertiary/aromatic N) is 3. The van der Waals surface area contributed by atoms with E-state index in [2.05, 4.69) is 9.74 Å². The minimum Gasteiger partial charge on any atom is -0.395 e. The van der Waals surface area contributed by atoms with Gasteiger partial charge in [0.15, 0.2) is 0 Å². The van der Waals surface area contributed by atoms with Crippen LogP contribution in [0.25, 0.3) is 10.9 Å². The van der Waals surface area contributed by atoms with Crippen LogP contribution in [0.15, 0.2) is 42.1 Å². The highest BCUT2D eigenvalue weighted by Gasteiger charge is 2.02. The topological polar surface area (TPSA) is 51.6 Å². The first-order chi connectivity index (χ1) is 9.74. The van der Waals surface area contributed by atoms with Crippen LogP contribution in [0.5, 0.6) is 0 Å². The molecule has 0 aromatic heterocycles. The van der Waals surface area contributed by atoms with Crippen LogP contribution in [0.3, 0.4) is 0 Å². The largest absolute Gasteiger partial charge is 0.395 e. The minimum absolute atomic E-state index is 0.0676. The van der Waals surface area contributed by atoms with Crippen molar-refractivity contribution in [1.29, 1.82) is 5.26 Å². The van der Waals surface area contributed by atoms with Gasteiger partial charge in [-0.1, -0.05) is 24.3 Å². The van der Waals surface area contributed by atoms with Crippen molar-refractivity contribution >= 4 is 11.8 Å². The Kier molecular flexibility index (Phi) is 6.61. The van der Waals surface area contributed by atoms with E-state index in [1.54, 1.807) is 6.08 Å². The van der Waals surface area contributed by atoms with Crippen molar-refractivity contribution in [3.8, 4) is 6.07 Å². The molecule has 1 aromatic rings. The first kappa shape index (κ1) is 15.5. The van der Waals surface area contributed by atoms with Crippen LogP contribution in [-0.4, -0.2) is 24.8 Å². The van der Waals surface area contributed by atoms with Crippen LogP contribution < -0.4 is 4.90 Å². The van der Waals surface area contributed by atoms with Crippen LogP contribution in [0.1, 0.15) is 12.5 Å². The van der Waals surface area contributed by atoms with Crippen molar-refractivity contribution in [3.63, 3.8) is 0 Å². The maximum atomic E-state index is 8.99. The molecule has 0 bridgehead atoms. The van der Waals surface area contributed by atoms with Crippen molar-refractivity contribution < 1.29 is 5.11 Å². The third kappa shape index (κ3) is 4.61. The standard InChI is InChI=1S/C16H17N3O/c1-3-19(11-12-20)16-9-7-14(8-10-16)5-4-6-15(13-17)18-2/h4-10,20H,3,11-12H2,1H3. The third-order valence-corrected chi connectivity index (χ3v) is 2.79. The van der Waals surface area contributed by atoms with Gasteiger partial charge in [0.2, 0.25) is 0 Å². The average Bonchev–Trinajstić information content (AvgIpc) is 2.50. The molecule has 0 aliphatic carbocycles. The smallest absolute Gasteiger partial charge is 0.261 e. The first-order valence-electron chi connectivity index (χ1n) is 6.37. The lowest BCUT2D eigenvalue weighted by Gasteiger charge is -2.21. The van der Waals surface area contributed by atoms with Crippen LogP contribution in [0.2, 0.25) is 0 Å². The zero-order valence-corrected chi connectivity index (χ0v) is 11.5. The van der Waals surface area contributed by atoms with Gasteiger partial charge in [-0.15, -0.1) is 0 Å². The highest BCUT2D eigenvalue weighted by molar-refractivity contribution is 5.57. The number of hydrogen-bond donors (Lipinski definition) is 1. The molecule has 102 valence electrons. The molecule has 0 fully saturated rings. The van der Waals surface area contributed by atoms with E-state index in [0.717, 1.165) is 17.8 Å². The first-order valence-corrected chi connectivity index (χ1v) is 6.37. The maximum Gasteiger partial charge on any atom is 0.261 e. The van der Waals surface area contributed by atoms with Gasteiger partial charge in [-0.2, -0.15) is 0 Å². The van der Waals surface area contributed by atoms with E-state index in [0.29, 0.717) is 6.54 Å². The summed E-state index contributed by atoms with van der Waals surface area (Å²) in [7, 11) is 0. The molecule has 0 radical (unpaired) electrons. The fraction of sp³-hybridized carbons (Fsp3) is 0.250. The van der Waals surface area contributed by atoms with E-state index < -0.39 is 0 Å². The van der Waals surface area contributed by atoms with Gasteiger partial charge in [-0.05, 0) is 30.7 Å². The second-order valence-corrected chi connectivity index (χ2v) is 4.03. The Balaban J connectivity index is 2.77. The fourth-order valence-corrected chi connectivity index (χ4v) is 1.74. The number of allylic oxidation sites excluding steroid dienone is 3. The monoisotopic (exact) mass is 267 g/mol. The highest BCUT2D eigenvalue weighted by Crippen LogP contribution is 2.15. The quantitative estimate of drug-likeness (QED) is 0.490. The Bertz CT molecular complexity index is 543. The molecule has 0 heterocycles. The zero-order valence-electron chi connectivity index (χ0n) is 11.5. The van der Waals surface area contributed by atoms with E-state index >= 15 is 0 Å². The van der Waals surface area contributed by atoms with E-state index in [4.69, 9.17) is 16.9 Å². The summed E-state index contributed by atoms with van der Waals surface area (Å²) in [6.45, 7) is 10.4. The van der Waals surface area contributed by atoms with E-state index in [-0.39, 0.29) is 12.3 Å². The molecule has 0 amide bonds. The summed E-state index contributed by atoms with van der Waals surface area (Å²) in [5, 5.41) is 17.6. The van der Waals surface area contributed by atoms with Crippen molar-refractivity contribution in [2.24, 2.45) is 0 Å². The summed E-state index contributed by atoms with van der Waals surface area (Å²) in [4.78, 5) is 5.16. The summed E-state index contributed by atoms with van der Waals surface area (Å²) < 4.78 is 0. The molecule has 1 rings (SSSR count). The molecule has 1 aromatic carbocycles. The Morgan fingerprint density at radius 3 is 2.65 bits per heavy atom. The predicted octanol–water partition coefficient (Wildman–Crippen LogP) is 2.85. The molecule has 20 heavy (non-hydrogen) atoms. The van der Waals surface area contributed by atoms with Crippen molar-refractivity contribution in [2.75, 3.05) is 24.6 Å². The average molecular weight is 267 g/mol. The highest BCUT2D eigenvalue weighted by atomic mass is 16.3. The van der Waals surface area contributed by atoms with Crippen molar-refractivity contribution in [2.45, 2.75) is 6.92 Å². The number of aliphatic hydroxyl groups excluding tert-OH is 1. The lowest BCUT2D eigenvalue weighted by atomic mass is 10.1. The van der Waals surface area contributed by atoms with Gasteiger partial charge >= 0.3 is 0 Å². The summed E-state index contributed by atoms with van der Waals surface area (Å²) in [6.07, 6.45) is 5.02. The molecular formula is C16H17N3O. The van der Waals surface area contributed by atoms with Crippen molar-refractivity contribution in [1.82, 2.24) is 0 Å². The lowest BCUT2D eigenvalue weighted by molar-refractivity contribution is 0.302. The van der Waals surface area contributed by atoms with Gasteiger partial charge in [0.1, 0.15) is 0 Å². The number of likely N-dealkylation sites (N-methyl/N-ethyl adjacent to an activating group) is 1.